The van der Waals surface area contributed by atoms with Gasteiger partial charge < -0.3 is 10.2 Å². The number of thiazole rings is 1. The number of likely N-dealkylation sites (N-methyl/N-ethyl adjacent to an activating group) is 1. The Labute approximate surface area is 132 Å². The van der Waals surface area contributed by atoms with Gasteiger partial charge in [-0.15, -0.1) is 11.3 Å². The number of aromatic nitrogens is 1. The fourth-order valence-electron chi connectivity index (χ4n) is 3.33. The second-order valence-corrected chi connectivity index (χ2v) is 7.49. The third kappa shape index (κ3) is 4.49. The fraction of sp³-hybridized carbons (Fsp3) is 0.812. The summed E-state index contributed by atoms with van der Waals surface area (Å²) in [6, 6.07) is 0.748. The van der Waals surface area contributed by atoms with E-state index in [0.29, 0.717) is 0 Å². The maximum Gasteiger partial charge on any atom is 0.107 e. The Balaban J connectivity index is 1.42. The van der Waals surface area contributed by atoms with Crippen LogP contribution in [0.3, 0.4) is 0 Å². The topological polar surface area (TPSA) is 31.4 Å². The molecule has 3 rings (SSSR count). The summed E-state index contributed by atoms with van der Waals surface area (Å²) in [4.78, 5) is 11.1. The standard InChI is InChI=1S/C16H28N4S/c1-2-19-7-9-20(10-8-19)13-16-18-12-15(21-16)11-17-14-5-3-4-6-14/h12,14,17H,2-11,13H2,1H3. The van der Waals surface area contributed by atoms with Gasteiger partial charge in [0.2, 0.25) is 0 Å². The molecule has 21 heavy (non-hydrogen) atoms. The molecule has 1 N–H and O–H groups in total. The largest absolute Gasteiger partial charge is 0.309 e. The zero-order valence-corrected chi connectivity index (χ0v) is 14.0. The lowest BCUT2D eigenvalue weighted by Crippen LogP contribution is -2.45. The fourth-order valence-corrected chi connectivity index (χ4v) is 4.25. The normalized spacial score (nSPS) is 22.1. The van der Waals surface area contributed by atoms with Crippen molar-refractivity contribution in [1.82, 2.24) is 20.1 Å². The number of nitrogens with one attached hydrogen (secondary N) is 1. The summed E-state index contributed by atoms with van der Waals surface area (Å²) < 4.78 is 0. The van der Waals surface area contributed by atoms with Crippen molar-refractivity contribution in [3.63, 3.8) is 0 Å². The molecule has 0 amide bonds. The lowest BCUT2D eigenvalue weighted by Gasteiger charge is -2.33. The molecular formula is C16H28N4S. The first-order valence-electron chi connectivity index (χ1n) is 8.45. The summed E-state index contributed by atoms with van der Waals surface area (Å²) in [5, 5.41) is 4.96. The molecule has 2 aliphatic rings. The van der Waals surface area contributed by atoms with Crippen LogP contribution in [0.2, 0.25) is 0 Å². The molecule has 0 atom stereocenters. The van der Waals surface area contributed by atoms with E-state index in [9.17, 15) is 0 Å². The Kier molecular flexibility index (Phi) is 5.63. The minimum Gasteiger partial charge on any atom is -0.309 e. The van der Waals surface area contributed by atoms with E-state index in [-0.39, 0.29) is 0 Å². The lowest BCUT2D eigenvalue weighted by molar-refractivity contribution is 0.132. The van der Waals surface area contributed by atoms with Crippen LogP contribution in [0.15, 0.2) is 6.20 Å². The molecule has 4 nitrogen and oxygen atoms in total. The highest BCUT2D eigenvalue weighted by Gasteiger charge is 2.17. The Morgan fingerprint density at radius 3 is 2.62 bits per heavy atom. The quantitative estimate of drug-likeness (QED) is 0.874. The molecular weight excluding hydrogens is 280 g/mol. The highest BCUT2D eigenvalue weighted by atomic mass is 32.1. The van der Waals surface area contributed by atoms with Crippen molar-refractivity contribution in [3.8, 4) is 0 Å². The van der Waals surface area contributed by atoms with Crippen molar-refractivity contribution in [3.05, 3.63) is 16.1 Å². The Hall–Kier alpha value is -0.490. The zero-order valence-electron chi connectivity index (χ0n) is 13.2. The zero-order chi connectivity index (χ0) is 14.5. The van der Waals surface area contributed by atoms with Crippen LogP contribution in [-0.4, -0.2) is 53.5 Å². The van der Waals surface area contributed by atoms with Crippen LogP contribution in [-0.2, 0) is 13.1 Å². The van der Waals surface area contributed by atoms with Crippen molar-refractivity contribution in [2.24, 2.45) is 0 Å². The lowest BCUT2D eigenvalue weighted by atomic mass is 10.2. The maximum absolute atomic E-state index is 4.62. The molecule has 0 bridgehead atoms. The first kappa shape index (κ1) is 15.4. The number of rotatable bonds is 6. The van der Waals surface area contributed by atoms with Gasteiger partial charge in [-0.25, -0.2) is 4.98 Å². The van der Waals surface area contributed by atoms with Gasteiger partial charge in [0, 0.05) is 49.8 Å². The summed E-state index contributed by atoms with van der Waals surface area (Å²) in [5.41, 5.74) is 0. The van der Waals surface area contributed by atoms with Crippen LogP contribution in [0.1, 0.15) is 42.5 Å². The molecule has 0 unspecified atom stereocenters. The van der Waals surface area contributed by atoms with Crippen LogP contribution in [0.5, 0.6) is 0 Å². The van der Waals surface area contributed by atoms with Gasteiger partial charge in [-0.3, -0.25) is 4.90 Å². The Morgan fingerprint density at radius 1 is 1.19 bits per heavy atom. The van der Waals surface area contributed by atoms with Gasteiger partial charge in [0.25, 0.3) is 0 Å². The van der Waals surface area contributed by atoms with Gasteiger partial charge in [-0.05, 0) is 19.4 Å². The van der Waals surface area contributed by atoms with E-state index in [1.165, 1.54) is 68.3 Å². The number of hydrogen-bond donors (Lipinski definition) is 1. The SMILES string of the molecule is CCN1CCN(Cc2ncc(CNC3CCCC3)s2)CC1. The summed E-state index contributed by atoms with van der Waals surface area (Å²) in [6.07, 6.45) is 7.58. The highest BCUT2D eigenvalue weighted by Crippen LogP contribution is 2.20. The molecule has 2 heterocycles. The monoisotopic (exact) mass is 308 g/mol. The first-order chi connectivity index (χ1) is 10.3. The molecule has 0 spiro atoms. The van der Waals surface area contributed by atoms with Gasteiger partial charge >= 0.3 is 0 Å². The van der Waals surface area contributed by atoms with Gasteiger partial charge in [-0.2, -0.15) is 0 Å². The van der Waals surface area contributed by atoms with Gasteiger partial charge in [0.1, 0.15) is 5.01 Å². The molecule has 1 aromatic rings. The molecule has 118 valence electrons. The van der Waals surface area contributed by atoms with Crippen LogP contribution in [0, 0.1) is 0 Å². The van der Waals surface area contributed by atoms with Crippen molar-refractivity contribution < 1.29 is 0 Å². The highest BCUT2D eigenvalue weighted by molar-refractivity contribution is 7.11. The third-order valence-electron chi connectivity index (χ3n) is 4.79. The first-order valence-corrected chi connectivity index (χ1v) is 9.27. The molecule has 2 fully saturated rings. The number of hydrogen-bond acceptors (Lipinski definition) is 5. The van der Waals surface area contributed by atoms with Crippen molar-refractivity contribution in [2.75, 3.05) is 32.7 Å². The van der Waals surface area contributed by atoms with E-state index in [1.807, 2.05) is 11.3 Å². The predicted octanol–water partition coefficient (Wildman–Crippen LogP) is 2.31. The molecule has 1 aliphatic carbocycles. The maximum atomic E-state index is 4.62. The summed E-state index contributed by atoms with van der Waals surface area (Å²) in [7, 11) is 0. The van der Waals surface area contributed by atoms with Crippen molar-refractivity contribution in [1.29, 1.82) is 0 Å². The van der Waals surface area contributed by atoms with E-state index in [4.69, 9.17) is 0 Å². The van der Waals surface area contributed by atoms with E-state index in [1.54, 1.807) is 0 Å². The predicted molar refractivity (Wildman–Crippen MR) is 88.6 cm³/mol. The minimum absolute atomic E-state index is 0.748. The third-order valence-corrected chi connectivity index (χ3v) is 5.77. The van der Waals surface area contributed by atoms with Crippen molar-refractivity contribution in [2.45, 2.75) is 51.7 Å². The molecule has 1 aliphatic heterocycles. The average molecular weight is 308 g/mol. The molecule has 1 saturated carbocycles. The smallest absolute Gasteiger partial charge is 0.107 e. The van der Waals surface area contributed by atoms with E-state index < -0.39 is 0 Å². The van der Waals surface area contributed by atoms with E-state index >= 15 is 0 Å². The van der Waals surface area contributed by atoms with Crippen LogP contribution < -0.4 is 5.32 Å². The van der Waals surface area contributed by atoms with Crippen molar-refractivity contribution >= 4 is 11.3 Å². The second kappa shape index (κ2) is 7.68. The molecule has 1 saturated heterocycles. The van der Waals surface area contributed by atoms with Crippen LogP contribution in [0.25, 0.3) is 0 Å². The molecule has 5 heteroatoms. The van der Waals surface area contributed by atoms with E-state index in [0.717, 1.165) is 19.1 Å². The molecule has 1 aromatic heterocycles. The van der Waals surface area contributed by atoms with Gasteiger partial charge in [0.05, 0.1) is 6.54 Å². The number of nitrogens with zero attached hydrogens (tertiary/aromatic N) is 3. The summed E-state index contributed by atoms with van der Waals surface area (Å²) in [5.74, 6) is 0. The second-order valence-electron chi connectivity index (χ2n) is 6.29. The van der Waals surface area contributed by atoms with Crippen LogP contribution in [0.4, 0.5) is 0 Å². The minimum atomic E-state index is 0.748. The Bertz CT molecular complexity index is 420. The summed E-state index contributed by atoms with van der Waals surface area (Å²) >= 11 is 1.89. The van der Waals surface area contributed by atoms with Crippen LogP contribution >= 0.6 is 11.3 Å². The van der Waals surface area contributed by atoms with E-state index in [2.05, 4.69) is 33.2 Å². The summed E-state index contributed by atoms with van der Waals surface area (Å²) in [6.45, 7) is 10.3. The number of piperazine rings is 1. The average Bonchev–Trinajstić information content (AvgIpc) is 3.17. The van der Waals surface area contributed by atoms with Gasteiger partial charge in [0.15, 0.2) is 0 Å². The van der Waals surface area contributed by atoms with Gasteiger partial charge in [-0.1, -0.05) is 19.8 Å². The molecule has 0 radical (unpaired) electrons. The Morgan fingerprint density at radius 2 is 1.90 bits per heavy atom. The molecule has 0 aromatic carbocycles.